The third kappa shape index (κ3) is 3.49. The molecule has 1 atom stereocenters. The number of para-hydroxylation sites is 1. The topological polar surface area (TPSA) is 33.0 Å². The first-order valence-corrected chi connectivity index (χ1v) is 4.77. The van der Waals surface area contributed by atoms with Gasteiger partial charge in [-0.05, 0) is 12.1 Å². The Balaban J connectivity index is 2.78. The standard InChI is InChI=1S/C10H6ClF4NO/c11-7-2-1-3-8(12)9(7)17-5-6(4-16)10(13,14)15/h1-3,6H,5H2. The molecule has 17 heavy (non-hydrogen) atoms. The van der Waals surface area contributed by atoms with Crippen LogP contribution in [0, 0.1) is 23.1 Å². The fourth-order valence-electron chi connectivity index (χ4n) is 0.992. The Hall–Kier alpha value is -1.48. The van der Waals surface area contributed by atoms with Crippen molar-refractivity contribution in [2.45, 2.75) is 6.18 Å². The maximum atomic E-state index is 13.1. The lowest BCUT2D eigenvalue weighted by molar-refractivity contribution is -0.165. The minimum absolute atomic E-state index is 0.149. The van der Waals surface area contributed by atoms with Crippen LogP contribution in [0.15, 0.2) is 18.2 Å². The minimum atomic E-state index is -4.72. The summed E-state index contributed by atoms with van der Waals surface area (Å²) in [5.74, 6) is -3.69. The maximum Gasteiger partial charge on any atom is 0.407 e. The Morgan fingerprint density at radius 2 is 2.06 bits per heavy atom. The highest BCUT2D eigenvalue weighted by Crippen LogP contribution is 2.30. The summed E-state index contributed by atoms with van der Waals surface area (Å²) in [5.41, 5.74) is 0. The first-order chi connectivity index (χ1) is 7.86. The van der Waals surface area contributed by atoms with E-state index in [1.165, 1.54) is 12.1 Å². The largest absolute Gasteiger partial charge is 0.487 e. The van der Waals surface area contributed by atoms with E-state index in [1.807, 2.05) is 0 Å². The van der Waals surface area contributed by atoms with Crippen molar-refractivity contribution in [3.8, 4) is 11.8 Å². The molecule has 0 saturated heterocycles. The molecular weight excluding hydrogens is 262 g/mol. The highest BCUT2D eigenvalue weighted by atomic mass is 35.5. The number of hydrogen-bond donors (Lipinski definition) is 0. The van der Waals surface area contributed by atoms with E-state index in [0.717, 1.165) is 12.1 Å². The third-order valence-electron chi connectivity index (χ3n) is 1.86. The lowest BCUT2D eigenvalue weighted by Gasteiger charge is -2.15. The van der Waals surface area contributed by atoms with Gasteiger partial charge in [-0.25, -0.2) is 4.39 Å². The van der Waals surface area contributed by atoms with Crippen LogP contribution in [0.25, 0.3) is 0 Å². The molecule has 1 rings (SSSR count). The zero-order valence-electron chi connectivity index (χ0n) is 8.26. The molecule has 0 fully saturated rings. The predicted molar refractivity (Wildman–Crippen MR) is 52.1 cm³/mol. The number of alkyl halides is 3. The average Bonchev–Trinajstić information content (AvgIpc) is 2.20. The molecule has 2 nitrogen and oxygen atoms in total. The third-order valence-corrected chi connectivity index (χ3v) is 2.16. The van der Waals surface area contributed by atoms with Crippen molar-refractivity contribution in [2.24, 2.45) is 5.92 Å². The van der Waals surface area contributed by atoms with E-state index in [2.05, 4.69) is 4.74 Å². The maximum absolute atomic E-state index is 13.1. The first-order valence-electron chi connectivity index (χ1n) is 4.39. The van der Waals surface area contributed by atoms with Crippen LogP contribution in [0.1, 0.15) is 0 Å². The summed E-state index contributed by atoms with van der Waals surface area (Å²) in [7, 11) is 0. The van der Waals surface area contributed by atoms with Crippen LogP contribution in [-0.4, -0.2) is 12.8 Å². The molecular formula is C10H6ClF4NO. The summed E-state index contributed by atoms with van der Waals surface area (Å²) >= 11 is 5.54. The van der Waals surface area contributed by atoms with Crippen LogP contribution in [-0.2, 0) is 0 Å². The Morgan fingerprint density at radius 3 is 2.53 bits per heavy atom. The molecule has 1 aromatic carbocycles. The molecule has 0 saturated carbocycles. The average molecular weight is 268 g/mol. The van der Waals surface area contributed by atoms with Crippen molar-refractivity contribution >= 4 is 11.6 Å². The van der Waals surface area contributed by atoms with Gasteiger partial charge in [-0.1, -0.05) is 17.7 Å². The highest BCUT2D eigenvalue weighted by molar-refractivity contribution is 6.32. The Labute approximate surface area is 99.4 Å². The second kappa shape index (κ2) is 5.23. The number of ether oxygens (including phenoxy) is 1. The van der Waals surface area contributed by atoms with Crippen LogP contribution in [0.3, 0.4) is 0 Å². The first kappa shape index (κ1) is 13.6. The molecule has 0 aliphatic rings. The van der Waals surface area contributed by atoms with Gasteiger partial charge in [-0.15, -0.1) is 0 Å². The summed E-state index contributed by atoms with van der Waals surface area (Å²) in [4.78, 5) is 0. The molecule has 0 bridgehead atoms. The summed E-state index contributed by atoms with van der Waals surface area (Å²) in [5, 5.41) is 8.15. The van der Waals surface area contributed by atoms with Crippen molar-refractivity contribution in [1.29, 1.82) is 5.26 Å². The molecule has 7 heteroatoms. The van der Waals surface area contributed by atoms with Crippen LogP contribution in [0.2, 0.25) is 5.02 Å². The van der Waals surface area contributed by atoms with Gasteiger partial charge in [0, 0.05) is 0 Å². The normalized spacial score (nSPS) is 12.9. The van der Waals surface area contributed by atoms with Gasteiger partial charge in [0.1, 0.15) is 6.61 Å². The van der Waals surface area contributed by atoms with Gasteiger partial charge in [-0.3, -0.25) is 0 Å². The quantitative estimate of drug-likeness (QED) is 0.785. The Morgan fingerprint density at radius 1 is 1.41 bits per heavy atom. The van der Waals surface area contributed by atoms with Gasteiger partial charge >= 0.3 is 6.18 Å². The molecule has 0 radical (unpaired) electrons. The second-order valence-corrected chi connectivity index (χ2v) is 3.49. The molecule has 0 spiro atoms. The molecule has 1 unspecified atom stereocenters. The van der Waals surface area contributed by atoms with Gasteiger partial charge in [0.25, 0.3) is 0 Å². The van der Waals surface area contributed by atoms with Crippen molar-refractivity contribution in [3.63, 3.8) is 0 Å². The zero-order valence-corrected chi connectivity index (χ0v) is 9.02. The number of halogens is 5. The molecule has 0 N–H and O–H groups in total. The van der Waals surface area contributed by atoms with Crippen molar-refractivity contribution in [1.82, 2.24) is 0 Å². The van der Waals surface area contributed by atoms with E-state index in [-0.39, 0.29) is 5.02 Å². The molecule has 0 aliphatic carbocycles. The highest BCUT2D eigenvalue weighted by Gasteiger charge is 2.40. The van der Waals surface area contributed by atoms with Crippen LogP contribution in [0.4, 0.5) is 17.6 Å². The number of rotatable bonds is 3. The molecule has 0 heterocycles. The molecule has 0 aliphatic heterocycles. The smallest absolute Gasteiger partial charge is 0.407 e. The summed E-state index contributed by atoms with van der Waals surface area (Å²) in [6.45, 7) is -0.999. The second-order valence-electron chi connectivity index (χ2n) is 3.09. The summed E-state index contributed by atoms with van der Waals surface area (Å²) in [6.07, 6.45) is -4.72. The Bertz CT molecular complexity index is 421. The summed E-state index contributed by atoms with van der Waals surface area (Å²) in [6, 6.07) is 4.59. The van der Waals surface area contributed by atoms with E-state index in [0.29, 0.717) is 0 Å². The molecule has 92 valence electrons. The van der Waals surface area contributed by atoms with Gasteiger partial charge in [0.05, 0.1) is 11.1 Å². The molecule has 0 amide bonds. The Kier molecular flexibility index (Phi) is 4.18. The van der Waals surface area contributed by atoms with Crippen molar-refractivity contribution in [3.05, 3.63) is 29.0 Å². The van der Waals surface area contributed by atoms with Gasteiger partial charge < -0.3 is 4.74 Å². The fraction of sp³-hybridized carbons (Fsp3) is 0.300. The monoisotopic (exact) mass is 267 g/mol. The SMILES string of the molecule is N#CC(COc1c(F)cccc1Cl)C(F)(F)F. The van der Waals surface area contributed by atoms with Crippen molar-refractivity contribution < 1.29 is 22.3 Å². The van der Waals surface area contributed by atoms with E-state index < -0.39 is 30.3 Å². The van der Waals surface area contributed by atoms with Gasteiger partial charge in [0.15, 0.2) is 17.5 Å². The lowest BCUT2D eigenvalue weighted by Crippen LogP contribution is -2.27. The predicted octanol–water partition coefficient (Wildman–Crippen LogP) is 3.56. The fourth-order valence-corrected chi connectivity index (χ4v) is 1.21. The van der Waals surface area contributed by atoms with Gasteiger partial charge in [0.2, 0.25) is 0 Å². The van der Waals surface area contributed by atoms with Crippen molar-refractivity contribution in [2.75, 3.05) is 6.61 Å². The minimum Gasteiger partial charge on any atom is -0.487 e. The number of nitriles is 1. The van der Waals surface area contributed by atoms with E-state index >= 15 is 0 Å². The number of benzene rings is 1. The molecule has 0 aromatic heterocycles. The summed E-state index contributed by atoms with van der Waals surface area (Å²) < 4.78 is 54.3. The zero-order chi connectivity index (χ0) is 13.1. The molecule has 1 aromatic rings. The van der Waals surface area contributed by atoms with Gasteiger partial charge in [-0.2, -0.15) is 18.4 Å². The van der Waals surface area contributed by atoms with Crippen LogP contribution < -0.4 is 4.74 Å². The van der Waals surface area contributed by atoms with E-state index in [4.69, 9.17) is 16.9 Å². The van der Waals surface area contributed by atoms with E-state index in [1.54, 1.807) is 0 Å². The number of hydrogen-bond acceptors (Lipinski definition) is 2. The van der Waals surface area contributed by atoms with E-state index in [9.17, 15) is 17.6 Å². The van der Waals surface area contributed by atoms with Crippen LogP contribution in [0.5, 0.6) is 5.75 Å². The lowest BCUT2D eigenvalue weighted by atomic mass is 10.2. The number of nitrogens with zero attached hydrogens (tertiary/aromatic N) is 1. The van der Waals surface area contributed by atoms with Crippen LogP contribution >= 0.6 is 11.6 Å².